The van der Waals surface area contributed by atoms with Gasteiger partial charge in [0.05, 0.1) is 11.1 Å². The second kappa shape index (κ2) is 4.51. The number of alkyl halides is 3. The summed E-state index contributed by atoms with van der Waals surface area (Å²) in [5.41, 5.74) is -1.61. The molecule has 0 spiro atoms. The lowest BCUT2D eigenvalue weighted by Gasteiger charge is -2.11. The van der Waals surface area contributed by atoms with Crippen molar-refractivity contribution >= 4 is 15.7 Å². The molecule has 19 heavy (non-hydrogen) atoms. The van der Waals surface area contributed by atoms with E-state index in [4.69, 9.17) is 5.11 Å². The molecule has 0 saturated carbocycles. The van der Waals surface area contributed by atoms with Crippen molar-refractivity contribution in [1.29, 1.82) is 0 Å². The van der Waals surface area contributed by atoms with Gasteiger partial charge in [-0.05, 0) is 0 Å². The van der Waals surface area contributed by atoms with E-state index in [0.29, 0.717) is 0 Å². The van der Waals surface area contributed by atoms with Crippen LogP contribution in [0, 0.1) is 10.1 Å². The molecule has 0 bridgehead atoms. The van der Waals surface area contributed by atoms with Crippen molar-refractivity contribution in [3.8, 4) is 11.5 Å². The van der Waals surface area contributed by atoms with E-state index in [1.54, 1.807) is 0 Å². The van der Waals surface area contributed by atoms with E-state index in [0.717, 1.165) is 0 Å². The van der Waals surface area contributed by atoms with Gasteiger partial charge in [-0.2, -0.15) is 0 Å². The summed E-state index contributed by atoms with van der Waals surface area (Å²) >= 11 is 0. The summed E-state index contributed by atoms with van der Waals surface area (Å²) in [4.78, 5) is 12.0. The van der Waals surface area contributed by atoms with Crippen LogP contribution in [0.3, 0.4) is 0 Å². The molecule has 1 rings (SSSR count). The van der Waals surface area contributed by atoms with Crippen LogP contribution in [-0.4, -0.2) is 29.8 Å². The van der Waals surface area contributed by atoms with E-state index >= 15 is 0 Å². The normalized spacial score (nSPS) is 12.2. The van der Waals surface area contributed by atoms with Gasteiger partial charge < -0.3 is 9.84 Å². The molecular formula is C6H4F3N3O6S. The van der Waals surface area contributed by atoms with Crippen molar-refractivity contribution in [3.63, 3.8) is 0 Å². The first-order valence-electron chi connectivity index (χ1n) is 4.08. The number of hydrogen-bond acceptors (Lipinski definition) is 7. The molecule has 0 aliphatic rings. The van der Waals surface area contributed by atoms with E-state index in [9.17, 15) is 31.7 Å². The summed E-state index contributed by atoms with van der Waals surface area (Å²) in [6.07, 6.45) is -5.18. The molecule has 13 heteroatoms. The molecule has 0 aromatic carbocycles. The van der Waals surface area contributed by atoms with Gasteiger partial charge in [0.25, 0.3) is 10.0 Å². The highest BCUT2D eigenvalue weighted by Gasteiger charge is 2.40. The lowest BCUT2D eigenvalue weighted by atomic mass is 10.3. The van der Waals surface area contributed by atoms with Crippen molar-refractivity contribution < 1.29 is 36.4 Å². The summed E-state index contributed by atoms with van der Waals surface area (Å²) in [6, 6.07) is 0. The van der Waals surface area contributed by atoms with E-state index < -0.39 is 43.5 Å². The molecular weight excluding hydrogens is 299 g/mol. The van der Waals surface area contributed by atoms with Gasteiger partial charge >= 0.3 is 12.0 Å². The molecule has 0 unspecified atom stereocenters. The number of ether oxygens (including phenoxy) is 1. The SMILES string of the molecule is NS(=O)(=O)c1ncc(O)c([N+](=O)[O-])c1OC(F)(F)F. The first kappa shape index (κ1) is 14.9. The molecule has 0 aliphatic heterocycles. The Morgan fingerprint density at radius 3 is 2.37 bits per heavy atom. The van der Waals surface area contributed by atoms with Gasteiger partial charge in [0.2, 0.25) is 16.5 Å². The standard InChI is InChI=1S/C6H4F3N3O6S/c7-6(8,9)18-4-3(12(14)15)2(13)1-11-5(4)19(10,16)17/h1,13H,(H2,10,16,17). The van der Waals surface area contributed by atoms with Crippen molar-refractivity contribution in [2.45, 2.75) is 11.4 Å². The van der Waals surface area contributed by atoms with Gasteiger partial charge in [-0.25, -0.2) is 18.5 Å². The number of sulfonamides is 1. The van der Waals surface area contributed by atoms with Crippen LogP contribution in [0.4, 0.5) is 18.9 Å². The first-order chi connectivity index (χ1) is 8.43. The molecule has 9 nitrogen and oxygen atoms in total. The number of primary sulfonamides is 1. The van der Waals surface area contributed by atoms with Crippen molar-refractivity contribution in [1.82, 2.24) is 4.98 Å². The fourth-order valence-corrected chi connectivity index (χ4v) is 1.64. The molecule has 0 aliphatic carbocycles. The second-order valence-corrected chi connectivity index (χ2v) is 4.45. The Labute approximate surface area is 102 Å². The van der Waals surface area contributed by atoms with Crippen molar-refractivity contribution in [3.05, 3.63) is 16.3 Å². The number of aromatic hydroxyl groups is 1. The molecule has 0 amide bonds. The predicted molar refractivity (Wildman–Crippen MR) is 50.6 cm³/mol. The number of aromatic nitrogens is 1. The number of halogens is 3. The van der Waals surface area contributed by atoms with Crippen LogP contribution in [0.1, 0.15) is 0 Å². The summed E-state index contributed by atoms with van der Waals surface area (Å²) in [5, 5.41) is 22.6. The molecule has 1 aromatic heterocycles. The molecule has 1 heterocycles. The quantitative estimate of drug-likeness (QED) is 0.600. The monoisotopic (exact) mass is 303 g/mol. The first-order valence-corrected chi connectivity index (χ1v) is 5.63. The Balaban J connectivity index is 3.69. The van der Waals surface area contributed by atoms with Gasteiger partial charge in [0.15, 0.2) is 0 Å². The minimum absolute atomic E-state index is 0.265. The van der Waals surface area contributed by atoms with Gasteiger partial charge in [-0.3, -0.25) is 10.1 Å². The van der Waals surface area contributed by atoms with Gasteiger partial charge in [0, 0.05) is 0 Å². The molecule has 0 saturated heterocycles. The minimum atomic E-state index is -5.44. The van der Waals surface area contributed by atoms with E-state index in [1.807, 2.05) is 0 Å². The number of hydrogen-bond donors (Lipinski definition) is 2. The number of nitro groups is 1. The average Bonchev–Trinajstić information content (AvgIpc) is 2.11. The fraction of sp³-hybridized carbons (Fsp3) is 0.167. The Kier molecular flexibility index (Phi) is 3.54. The highest BCUT2D eigenvalue weighted by atomic mass is 32.2. The zero-order valence-electron chi connectivity index (χ0n) is 8.58. The molecule has 0 atom stereocenters. The number of nitrogens with two attached hydrogens (primary N) is 1. The van der Waals surface area contributed by atoms with E-state index in [1.165, 1.54) is 0 Å². The van der Waals surface area contributed by atoms with Crippen molar-refractivity contribution in [2.24, 2.45) is 5.14 Å². The maximum Gasteiger partial charge on any atom is 0.573 e. The third-order valence-electron chi connectivity index (χ3n) is 1.63. The molecule has 3 N–H and O–H groups in total. The van der Waals surface area contributed by atoms with Crippen LogP contribution in [0.25, 0.3) is 0 Å². The summed E-state index contributed by atoms with van der Waals surface area (Å²) in [6.45, 7) is 0. The van der Waals surface area contributed by atoms with Gasteiger partial charge in [0.1, 0.15) is 0 Å². The number of pyridine rings is 1. The maximum atomic E-state index is 12.1. The molecule has 106 valence electrons. The van der Waals surface area contributed by atoms with E-state index in [2.05, 4.69) is 14.9 Å². The Morgan fingerprint density at radius 2 is 2.00 bits per heavy atom. The fourth-order valence-electron chi connectivity index (χ4n) is 1.04. The highest BCUT2D eigenvalue weighted by Crippen LogP contribution is 2.41. The average molecular weight is 303 g/mol. The number of rotatable bonds is 3. The Morgan fingerprint density at radius 1 is 1.47 bits per heavy atom. The zero-order valence-corrected chi connectivity index (χ0v) is 9.40. The zero-order chi connectivity index (χ0) is 15.0. The highest BCUT2D eigenvalue weighted by molar-refractivity contribution is 7.89. The summed E-state index contributed by atoms with van der Waals surface area (Å²) in [7, 11) is -4.83. The smallest absolute Gasteiger partial charge is 0.501 e. The third kappa shape index (κ3) is 3.41. The molecule has 1 aromatic rings. The van der Waals surface area contributed by atoms with Crippen LogP contribution in [0.2, 0.25) is 0 Å². The summed E-state index contributed by atoms with van der Waals surface area (Å²) in [5.74, 6) is -3.11. The van der Waals surface area contributed by atoms with Crippen LogP contribution in [0.5, 0.6) is 11.5 Å². The third-order valence-corrected chi connectivity index (χ3v) is 2.46. The lowest BCUT2D eigenvalue weighted by Crippen LogP contribution is -2.22. The van der Waals surface area contributed by atoms with Crippen LogP contribution >= 0.6 is 0 Å². The predicted octanol–water partition coefficient (Wildman–Crippen LogP) is 0.241. The minimum Gasteiger partial charge on any atom is -0.501 e. The summed E-state index contributed by atoms with van der Waals surface area (Å²) < 4.78 is 61.5. The largest absolute Gasteiger partial charge is 0.573 e. The second-order valence-electron chi connectivity index (χ2n) is 2.98. The van der Waals surface area contributed by atoms with Crippen LogP contribution in [-0.2, 0) is 10.0 Å². The molecule has 0 fully saturated rings. The maximum absolute atomic E-state index is 12.1. The molecule has 0 radical (unpaired) electrons. The number of nitrogens with zero attached hydrogens (tertiary/aromatic N) is 2. The van der Waals surface area contributed by atoms with Crippen LogP contribution in [0.15, 0.2) is 11.2 Å². The van der Waals surface area contributed by atoms with Crippen LogP contribution < -0.4 is 9.88 Å². The Bertz CT molecular complexity index is 628. The topological polar surface area (TPSA) is 146 Å². The van der Waals surface area contributed by atoms with Gasteiger partial charge in [-0.15, -0.1) is 13.2 Å². The Hall–Kier alpha value is -2.15. The lowest BCUT2D eigenvalue weighted by molar-refractivity contribution is -0.390. The van der Waals surface area contributed by atoms with Crippen molar-refractivity contribution in [2.75, 3.05) is 0 Å². The van der Waals surface area contributed by atoms with Gasteiger partial charge in [-0.1, -0.05) is 0 Å². The van der Waals surface area contributed by atoms with E-state index in [-0.39, 0.29) is 6.20 Å².